The second-order valence-electron chi connectivity index (χ2n) is 8.20. The number of aliphatic carboxylic acids is 1. The molecule has 0 saturated heterocycles. The SMILES string of the molecule is COC(=O)c1ccc(OCCCCC2(C(=O)O)Cc3c(OC)c(OC)c(OC)c(OC)c3C2=O)cc1. The Morgan fingerprint density at radius 1 is 0.861 bits per heavy atom. The fourth-order valence-electron chi connectivity index (χ4n) is 4.52. The quantitative estimate of drug-likeness (QED) is 0.261. The number of fused-ring (bicyclic) bond motifs is 1. The highest BCUT2D eigenvalue weighted by Crippen LogP contribution is 2.56. The molecule has 0 aromatic heterocycles. The molecule has 194 valence electrons. The molecule has 10 heteroatoms. The summed E-state index contributed by atoms with van der Waals surface area (Å²) in [6, 6.07) is 6.50. The van der Waals surface area contributed by atoms with Gasteiger partial charge in [-0.15, -0.1) is 0 Å². The lowest BCUT2D eigenvalue weighted by atomic mass is 9.79. The van der Waals surface area contributed by atoms with Gasteiger partial charge in [0, 0.05) is 12.0 Å². The Morgan fingerprint density at radius 3 is 1.97 bits per heavy atom. The number of carboxylic acids is 1. The summed E-state index contributed by atoms with van der Waals surface area (Å²) in [5.41, 5.74) is -0.716. The van der Waals surface area contributed by atoms with Crippen LogP contribution in [0.5, 0.6) is 28.7 Å². The van der Waals surface area contributed by atoms with Gasteiger partial charge >= 0.3 is 11.9 Å². The first-order valence-electron chi connectivity index (χ1n) is 11.3. The maximum atomic E-state index is 13.6. The van der Waals surface area contributed by atoms with Crippen molar-refractivity contribution in [3.8, 4) is 28.7 Å². The standard InChI is InChI=1S/C26H30O10/c1-31-19-17-14-26(25(29)30,23(27)18(17)20(32-2)22(34-4)21(19)33-3)12-6-7-13-36-16-10-8-15(9-11-16)24(28)35-5/h8-11H,6-7,12-14H2,1-5H3,(H,29,30). The van der Waals surface area contributed by atoms with Crippen molar-refractivity contribution >= 4 is 17.7 Å². The molecule has 1 N–H and O–H groups in total. The lowest BCUT2D eigenvalue weighted by Crippen LogP contribution is -2.37. The number of Topliss-reactive ketones (excluding diaryl/α,β-unsaturated/α-hetero) is 1. The Bertz CT molecular complexity index is 1140. The van der Waals surface area contributed by atoms with Crippen molar-refractivity contribution in [3.05, 3.63) is 41.0 Å². The van der Waals surface area contributed by atoms with Gasteiger partial charge < -0.3 is 33.5 Å². The van der Waals surface area contributed by atoms with Gasteiger partial charge in [-0.1, -0.05) is 0 Å². The van der Waals surface area contributed by atoms with E-state index >= 15 is 0 Å². The van der Waals surface area contributed by atoms with Gasteiger partial charge in [-0.2, -0.15) is 0 Å². The molecule has 2 aromatic carbocycles. The van der Waals surface area contributed by atoms with Gasteiger partial charge in [0.15, 0.2) is 17.3 Å². The molecule has 0 spiro atoms. The first-order valence-corrected chi connectivity index (χ1v) is 11.3. The molecule has 0 amide bonds. The van der Waals surface area contributed by atoms with Crippen LogP contribution in [-0.4, -0.2) is 65.0 Å². The van der Waals surface area contributed by atoms with E-state index in [1.807, 2.05) is 0 Å². The molecule has 0 heterocycles. The van der Waals surface area contributed by atoms with E-state index < -0.39 is 23.1 Å². The van der Waals surface area contributed by atoms with E-state index in [1.54, 1.807) is 24.3 Å². The third-order valence-electron chi connectivity index (χ3n) is 6.33. The highest BCUT2D eigenvalue weighted by atomic mass is 16.5. The maximum absolute atomic E-state index is 13.6. The summed E-state index contributed by atoms with van der Waals surface area (Å²) in [6.07, 6.45) is 0.965. The van der Waals surface area contributed by atoms with E-state index in [-0.39, 0.29) is 41.4 Å². The summed E-state index contributed by atoms with van der Waals surface area (Å²) in [4.78, 5) is 37.6. The minimum absolute atomic E-state index is 0.0633. The van der Waals surface area contributed by atoms with Crippen LogP contribution in [0.3, 0.4) is 0 Å². The van der Waals surface area contributed by atoms with Crippen molar-refractivity contribution in [1.29, 1.82) is 0 Å². The van der Waals surface area contributed by atoms with Crippen LogP contribution in [0.1, 0.15) is 45.5 Å². The van der Waals surface area contributed by atoms with Crippen LogP contribution in [-0.2, 0) is 16.0 Å². The average molecular weight is 503 g/mol. The van der Waals surface area contributed by atoms with Crippen LogP contribution in [0, 0.1) is 5.41 Å². The van der Waals surface area contributed by atoms with Crippen molar-refractivity contribution in [2.24, 2.45) is 5.41 Å². The largest absolute Gasteiger partial charge is 0.494 e. The molecule has 0 saturated carbocycles. The lowest BCUT2D eigenvalue weighted by Gasteiger charge is -2.22. The maximum Gasteiger partial charge on any atom is 0.337 e. The van der Waals surface area contributed by atoms with Crippen molar-refractivity contribution in [1.82, 2.24) is 0 Å². The second-order valence-corrected chi connectivity index (χ2v) is 8.20. The van der Waals surface area contributed by atoms with Crippen molar-refractivity contribution in [3.63, 3.8) is 0 Å². The third-order valence-corrected chi connectivity index (χ3v) is 6.33. The van der Waals surface area contributed by atoms with E-state index in [4.69, 9.17) is 23.7 Å². The fourth-order valence-corrected chi connectivity index (χ4v) is 4.52. The molecule has 3 rings (SSSR count). The van der Waals surface area contributed by atoms with E-state index in [2.05, 4.69) is 4.74 Å². The van der Waals surface area contributed by atoms with Crippen LogP contribution < -0.4 is 23.7 Å². The number of methoxy groups -OCH3 is 5. The first-order chi connectivity index (χ1) is 17.3. The van der Waals surface area contributed by atoms with Crippen LogP contribution in [0.25, 0.3) is 0 Å². The minimum Gasteiger partial charge on any atom is -0.494 e. The number of hydrogen-bond donors (Lipinski definition) is 1. The Labute approximate surface area is 209 Å². The van der Waals surface area contributed by atoms with E-state index in [0.717, 1.165) is 0 Å². The Hall–Kier alpha value is -3.95. The normalized spacial score (nSPS) is 16.2. The summed E-state index contributed by atoms with van der Waals surface area (Å²) in [7, 11) is 6.94. The van der Waals surface area contributed by atoms with Gasteiger partial charge in [0.2, 0.25) is 11.5 Å². The molecule has 0 radical (unpaired) electrons. The van der Waals surface area contributed by atoms with Crippen molar-refractivity contribution in [2.75, 3.05) is 42.2 Å². The van der Waals surface area contributed by atoms with E-state index in [1.165, 1.54) is 35.5 Å². The van der Waals surface area contributed by atoms with Crippen molar-refractivity contribution in [2.45, 2.75) is 25.7 Å². The Morgan fingerprint density at radius 2 is 1.44 bits per heavy atom. The highest BCUT2D eigenvalue weighted by molar-refractivity contribution is 6.18. The zero-order chi connectivity index (χ0) is 26.5. The average Bonchev–Trinajstić information content (AvgIpc) is 3.19. The smallest absolute Gasteiger partial charge is 0.337 e. The van der Waals surface area contributed by atoms with Gasteiger partial charge in [-0.25, -0.2) is 4.79 Å². The monoisotopic (exact) mass is 502 g/mol. The molecular formula is C26H30O10. The predicted octanol–water partition coefficient (Wildman–Crippen LogP) is 3.57. The molecule has 10 nitrogen and oxygen atoms in total. The molecule has 0 aliphatic heterocycles. The number of ketones is 1. The molecule has 36 heavy (non-hydrogen) atoms. The van der Waals surface area contributed by atoms with Gasteiger partial charge in [-0.3, -0.25) is 9.59 Å². The number of benzene rings is 2. The summed E-state index contributed by atoms with van der Waals surface area (Å²) in [5.74, 6) is -0.879. The molecule has 1 aliphatic rings. The number of rotatable bonds is 12. The van der Waals surface area contributed by atoms with Crippen molar-refractivity contribution < 1.29 is 47.9 Å². The Balaban J connectivity index is 1.76. The topological polar surface area (TPSA) is 127 Å². The number of hydrogen-bond acceptors (Lipinski definition) is 9. The molecule has 2 aromatic rings. The molecule has 1 unspecified atom stereocenters. The van der Waals surface area contributed by atoms with Gasteiger partial charge in [-0.05, 0) is 43.5 Å². The minimum atomic E-state index is -1.68. The first kappa shape index (κ1) is 26.7. The van der Waals surface area contributed by atoms with Crippen LogP contribution in [0.4, 0.5) is 0 Å². The fraction of sp³-hybridized carbons (Fsp3) is 0.423. The molecule has 0 bridgehead atoms. The van der Waals surface area contributed by atoms with Gasteiger partial charge in [0.05, 0.1) is 53.3 Å². The van der Waals surface area contributed by atoms with Crippen LogP contribution >= 0.6 is 0 Å². The highest BCUT2D eigenvalue weighted by Gasteiger charge is 2.55. The molecule has 0 fully saturated rings. The Kier molecular flexibility index (Phi) is 8.29. The number of unbranched alkanes of at least 4 members (excludes halogenated alkanes) is 1. The number of carbonyl (C=O) groups excluding carboxylic acids is 2. The summed E-state index contributed by atoms with van der Waals surface area (Å²) in [5, 5.41) is 10.2. The molecule has 1 aliphatic carbocycles. The number of esters is 1. The van der Waals surface area contributed by atoms with Crippen LogP contribution in [0.2, 0.25) is 0 Å². The number of carboxylic acid groups (broad SMARTS) is 1. The summed E-state index contributed by atoms with van der Waals surface area (Å²) in [6.45, 7) is 0.308. The summed E-state index contributed by atoms with van der Waals surface area (Å²) >= 11 is 0. The number of carbonyl (C=O) groups is 3. The zero-order valence-electron chi connectivity index (χ0n) is 21.0. The lowest BCUT2D eigenvalue weighted by molar-refractivity contribution is -0.146. The number of ether oxygens (including phenoxy) is 6. The van der Waals surface area contributed by atoms with Gasteiger partial charge in [0.1, 0.15) is 11.2 Å². The summed E-state index contributed by atoms with van der Waals surface area (Å²) < 4.78 is 32.2. The van der Waals surface area contributed by atoms with E-state index in [0.29, 0.717) is 36.3 Å². The molecule has 1 atom stereocenters. The second kappa shape index (κ2) is 11.2. The van der Waals surface area contributed by atoms with Crippen LogP contribution in [0.15, 0.2) is 24.3 Å². The zero-order valence-corrected chi connectivity index (χ0v) is 21.0. The van der Waals surface area contributed by atoms with E-state index in [9.17, 15) is 19.5 Å². The predicted molar refractivity (Wildman–Crippen MR) is 128 cm³/mol. The third kappa shape index (κ3) is 4.62. The molecular weight excluding hydrogens is 472 g/mol. The van der Waals surface area contributed by atoms with Gasteiger partial charge in [0.25, 0.3) is 0 Å².